The molecule has 1 aliphatic heterocycles. The maximum atomic E-state index is 5.68. The van der Waals surface area contributed by atoms with Gasteiger partial charge in [0.15, 0.2) is 23.0 Å². The van der Waals surface area contributed by atoms with E-state index in [1.54, 1.807) is 12.4 Å². The van der Waals surface area contributed by atoms with E-state index in [1.165, 1.54) is 0 Å². The Bertz CT molecular complexity index is 1360. The van der Waals surface area contributed by atoms with Crippen LogP contribution in [0.5, 0.6) is 11.5 Å². The normalized spacial score (nSPS) is 13.1. The van der Waals surface area contributed by atoms with Gasteiger partial charge in [0, 0.05) is 41.3 Å². The molecule has 0 saturated carbocycles. The van der Waals surface area contributed by atoms with E-state index in [-0.39, 0.29) is 0 Å². The van der Waals surface area contributed by atoms with E-state index in [2.05, 4.69) is 20.5 Å². The van der Waals surface area contributed by atoms with Crippen LogP contribution in [0.4, 0.5) is 11.5 Å². The quantitative estimate of drug-likeness (QED) is 0.492. The molecular formula is C21H16N6O2. The number of aromatic nitrogens is 5. The summed E-state index contributed by atoms with van der Waals surface area (Å²) in [6.07, 6.45) is 7.44. The van der Waals surface area contributed by atoms with E-state index in [0.29, 0.717) is 19.0 Å². The van der Waals surface area contributed by atoms with E-state index < -0.39 is 0 Å². The predicted octanol–water partition coefficient (Wildman–Crippen LogP) is 3.79. The summed E-state index contributed by atoms with van der Waals surface area (Å²) in [6.45, 7) is 1.11. The third-order valence-electron chi connectivity index (χ3n) is 4.92. The van der Waals surface area contributed by atoms with E-state index in [1.807, 2.05) is 53.2 Å². The van der Waals surface area contributed by atoms with E-state index in [9.17, 15) is 0 Å². The lowest BCUT2D eigenvalue weighted by atomic mass is 10.1. The molecule has 0 radical (unpaired) electrons. The molecule has 2 aromatic carbocycles. The average Bonchev–Trinajstić information content (AvgIpc) is 3.42. The second kappa shape index (κ2) is 6.23. The number of nitrogens with one attached hydrogen (secondary N) is 2. The van der Waals surface area contributed by atoms with E-state index in [4.69, 9.17) is 14.5 Å². The molecule has 0 amide bonds. The third-order valence-corrected chi connectivity index (χ3v) is 4.92. The van der Waals surface area contributed by atoms with Crippen LogP contribution in [0.2, 0.25) is 0 Å². The Morgan fingerprint density at radius 1 is 1.03 bits per heavy atom. The molecular weight excluding hydrogens is 368 g/mol. The number of benzene rings is 2. The number of hydrogen-bond acceptors (Lipinski definition) is 6. The Kier molecular flexibility index (Phi) is 3.43. The average molecular weight is 384 g/mol. The summed E-state index contributed by atoms with van der Waals surface area (Å²) < 4.78 is 13.2. The first kappa shape index (κ1) is 15.9. The zero-order valence-corrected chi connectivity index (χ0v) is 15.3. The van der Waals surface area contributed by atoms with Crippen molar-refractivity contribution in [1.29, 1.82) is 0 Å². The van der Waals surface area contributed by atoms with Crippen molar-refractivity contribution in [3.8, 4) is 22.8 Å². The zero-order chi connectivity index (χ0) is 19.2. The van der Waals surface area contributed by atoms with Crippen LogP contribution in [0.15, 0.2) is 61.2 Å². The number of rotatable bonds is 3. The summed E-state index contributed by atoms with van der Waals surface area (Å²) >= 11 is 0. The van der Waals surface area contributed by atoms with E-state index >= 15 is 0 Å². The molecule has 0 bridgehead atoms. The molecule has 6 rings (SSSR count). The van der Waals surface area contributed by atoms with Crippen molar-refractivity contribution in [2.45, 2.75) is 0 Å². The standard InChI is InChI=1S/C21H16N6O2/c1-2-14-11-23-26-16(14)9-13(1)17-12-27-6-5-22-21(27)20(25-17)24-15-3-4-18-19(10-15)29-8-7-28-18/h1-6,9-12H,7-8H2,(H,23,26)(H,24,25). The van der Waals surface area contributed by atoms with Crippen LogP contribution in [0.1, 0.15) is 0 Å². The van der Waals surface area contributed by atoms with Gasteiger partial charge < -0.3 is 19.2 Å². The third kappa shape index (κ3) is 2.73. The number of H-pyrrole nitrogens is 1. The van der Waals surface area contributed by atoms with Crippen molar-refractivity contribution in [1.82, 2.24) is 24.6 Å². The van der Waals surface area contributed by atoms with Gasteiger partial charge in [-0.05, 0) is 18.2 Å². The predicted molar refractivity (Wildman–Crippen MR) is 109 cm³/mol. The van der Waals surface area contributed by atoms with Gasteiger partial charge in [-0.15, -0.1) is 0 Å². The first-order valence-electron chi connectivity index (χ1n) is 9.27. The van der Waals surface area contributed by atoms with Gasteiger partial charge in [0.2, 0.25) is 0 Å². The number of aromatic amines is 1. The fraction of sp³-hybridized carbons (Fsp3) is 0.0952. The molecule has 3 aromatic heterocycles. The van der Waals surface area contributed by atoms with Crippen molar-refractivity contribution in [2.75, 3.05) is 18.5 Å². The number of anilines is 2. The number of hydrogen-bond donors (Lipinski definition) is 2. The van der Waals surface area contributed by atoms with Gasteiger partial charge >= 0.3 is 0 Å². The highest BCUT2D eigenvalue weighted by molar-refractivity contribution is 5.84. The lowest BCUT2D eigenvalue weighted by Gasteiger charge is -2.19. The first-order chi connectivity index (χ1) is 14.3. The summed E-state index contributed by atoms with van der Waals surface area (Å²) in [5, 5.41) is 11.5. The minimum absolute atomic E-state index is 0.546. The van der Waals surface area contributed by atoms with Crippen LogP contribution in [0, 0.1) is 0 Å². The fourth-order valence-corrected chi connectivity index (χ4v) is 3.51. The summed E-state index contributed by atoms with van der Waals surface area (Å²) in [4.78, 5) is 9.29. The molecule has 0 unspecified atom stereocenters. The van der Waals surface area contributed by atoms with Crippen molar-refractivity contribution in [3.05, 3.63) is 61.2 Å². The highest BCUT2D eigenvalue weighted by Crippen LogP contribution is 2.34. The Balaban J connectivity index is 1.43. The second-order valence-electron chi connectivity index (χ2n) is 6.79. The molecule has 0 saturated heterocycles. The molecule has 0 atom stereocenters. The molecule has 29 heavy (non-hydrogen) atoms. The van der Waals surface area contributed by atoms with Gasteiger partial charge in [-0.2, -0.15) is 5.10 Å². The summed E-state index contributed by atoms with van der Waals surface area (Å²) in [5.41, 5.74) is 4.38. The van der Waals surface area contributed by atoms with Crippen LogP contribution >= 0.6 is 0 Å². The number of nitrogens with zero attached hydrogens (tertiary/aromatic N) is 4. The molecule has 8 nitrogen and oxygen atoms in total. The number of imidazole rings is 1. The van der Waals surface area contributed by atoms with Crippen LogP contribution < -0.4 is 14.8 Å². The van der Waals surface area contributed by atoms with Gasteiger partial charge in [-0.3, -0.25) is 5.10 Å². The van der Waals surface area contributed by atoms with Gasteiger partial charge in [-0.25, -0.2) is 9.97 Å². The fourth-order valence-electron chi connectivity index (χ4n) is 3.51. The lowest BCUT2D eigenvalue weighted by molar-refractivity contribution is 0.171. The largest absolute Gasteiger partial charge is 0.486 e. The smallest absolute Gasteiger partial charge is 0.180 e. The molecule has 5 aromatic rings. The lowest BCUT2D eigenvalue weighted by Crippen LogP contribution is -2.15. The van der Waals surface area contributed by atoms with Crippen LogP contribution in [0.3, 0.4) is 0 Å². The van der Waals surface area contributed by atoms with Crippen molar-refractivity contribution >= 4 is 28.1 Å². The SMILES string of the molecule is c1cn2cc(-c3ccc4cn[nH]c4c3)nc(Nc3ccc4c(c3)OCCO4)c2n1. The zero-order valence-electron chi connectivity index (χ0n) is 15.3. The molecule has 4 heterocycles. The molecule has 0 spiro atoms. The topological polar surface area (TPSA) is 89.4 Å². The molecule has 0 aliphatic carbocycles. The van der Waals surface area contributed by atoms with Gasteiger partial charge in [0.1, 0.15) is 13.2 Å². The first-order valence-corrected chi connectivity index (χ1v) is 9.27. The highest BCUT2D eigenvalue weighted by atomic mass is 16.6. The summed E-state index contributed by atoms with van der Waals surface area (Å²) in [5.74, 6) is 2.14. The number of fused-ring (bicyclic) bond motifs is 3. The van der Waals surface area contributed by atoms with Crippen LogP contribution in [-0.4, -0.2) is 37.8 Å². The minimum atomic E-state index is 0.546. The molecule has 2 N–H and O–H groups in total. The maximum Gasteiger partial charge on any atom is 0.180 e. The second-order valence-corrected chi connectivity index (χ2v) is 6.79. The van der Waals surface area contributed by atoms with Crippen molar-refractivity contribution in [3.63, 3.8) is 0 Å². The van der Waals surface area contributed by atoms with Gasteiger partial charge in [-0.1, -0.05) is 12.1 Å². The highest BCUT2D eigenvalue weighted by Gasteiger charge is 2.14. The Morgan fingerprint density at radius 3 is 2.93 bits per heavy atom. The van der Waals surface area contributed by atoms with Crippen LogP contribution in [0.25, 0.3) is 27.8 Å². The minimum Gasteiger partial charge on any atom is -0.486 e. The van der Waals surface area contributed by atoms with Crippen molar-refractivity contribution < 1.29 is 9.47 Å². The van der Waals surface area contributed by atoms with Gasteiger partial charge in [0.25, 0.3) is 0 Å². The molecule has 142 valence electrons. The van der Waals surface area contributed by atoms with Crippen LogP contribution in [-0.2, 0) is 0 Å². The van der Waals surface area contributed by atoms with Crippen molar-refractivity contribution in [2.24, 2.45) is 0 Å². The molecule has 1 aliphatic rings. The van der Waals surface area contributed by atoms with E-state index in [0.717, 1.165) is 45.0 Å². The Morgan fingerprint density at radius 2 is 1.97 bits per heavy atom. The molecule has 8 heteroatoms. The summed E-state index contributed by atoms with van der Waals surface area (Å²) in [7, 11) is 0. The Labute approximate surface area is 165 Å². The van der Waals surface area contributed by atoms with Gasteiger partial charge in [0.05, 0.1) is 17.4 Å². The summed E-state index contributed by atoms with van der Waals surface area (Å²) in [6, 6.07) is 11.9. The molecule has 0 fully saturated rings. The number of ether oxygens (including phenoxy) is 2. The Hall–Kier alpha value is -4.07. The monoisotopic (exact) mass is 384 g/mol. The maximum absolute atomic E-state index is 5.68.